The average Bonchev–Trinajstić information content (AvgIpc) is 1.64. The number of aromatic amines is 1. The maximum absolute atomic E-state index is 13.1. The van der Waals surface area contributed by atoms with Crippen molar-refractivity contribution in [2.45, 2.75) is 199 Å². The van der Waals surface area contributed by atoms with Crippen molar-refractivity contribution in [2.75, 3.05) is 53.5 Å². The number of rotatable bonds is 18. The Morgan fingerprint density at radius 1 is 0.456 bits per heavy atom. The number of pyridine rings is 3. The van der Waals surface area contributed by atoms with E-state index in [-0.39, 0.29) is 40.5 Å². The van der Waals surface area contributed by atoms with Crippen LogP contribution in [0.1, 0.15) is 174 Å². The minimum absolute atomic E-state index is 0. The van der Waals surface area contributed by atoms with Gasteiger partial charge in [-0.1, -0.05) is 71.2 Å². The van der Waals surface area contributed by atoms with Crippen molar-refractivity contribution < 1.29 is 43.2 Å². The molecule has 0 unspecified atom stereocenters. The van der Waals surface area contributed by atoms with E-state index >= 15 is 0 Å². The van der Waals surface area contributed by atoms with Crippen LogP contribution in [0.15, 0.2) is 72.8 Å². The molecule has 23 heteroatoms. The Morgan fingerprint density at radius 3 is 1.07 bits per heavy atom. The number of esters is 2. The summed E-state index contributed by atoms with van der Waals surface area (Å²) >= 11 is 18.6. The van der Waals surface area contributed by atoms with Crippen LogP contribution in [0.5, 0.6) is 0 Å². The number of carboxylic acids is 1. The molecule has 2 N–H and O–H groups in total. The van der Waals surface area contributed by atoms with Gasteiger partial charge in [0.25, 0.3) is 0 Å². The number of aromatic nitrogens is 6. The van der Waals surface area contributed by atoms with Gasteiger partial charge in [0.05, 0.1) is 31.0 Å². The van der Waals surface area contributed by atoms with Crippen LogP contribution in [0.4, 0.5) is 0 Å². The molecule has 9 aromatic rings. The number of nitrogens with one attached hydrogen (secondary N) is 1. The highest BCUT2D eigenvalue weighted by Crippen LogP contribution is 2.46. The first-order valence-corrected chi connectivity index (χ1v) is 35.8. The summed E-state index contributed by atoms with van der Waals surface area (Å²) in [7, 11) is 2.77. The van der Waals surface area contributed by atoms with Gasteiger partial charge in [0.15, 0.2) is 18.3 Å². The molecule has 103 heavy (non-hydrogen) atoms. The monoisotopic (exact) mass is 1520 g/mol. The van der Waals surface area contributed by atoms with Crippen molar-refractivity contribution in [3.05, 3.63) is 155 Å². The summed E-state index contributed by atoms with van der Waals surface area (Å²) in [5.41, 5.74) is 17.3. The zero-order valence-corrected chi connectivity index (χ0v) is 68.9. The molecule has 2 aliphatic rings. The van der Waals surface area contributed by atoms with Crippen molar-refractivity contribution >= 4 is 126 Å². The van der Waals surface area contributed by atoms with E-state index in [9.17, 15) is 19.5 Å². The van der Waals surface area contributed by atoms with Crippen LogP contribution in [0.25, 0.3) is 66.5 Å². The molecular weight excluding hydrogens is 1420 g/mol. The molecule has 0 spiro atoms. The van der Waals surface area contributed by atoms with Gasteiger partial charge in [0, 0.05) is 125 Å². The first-order valence-electron chi connectivity index (χ1n) is 34.7. The first kappa shape index (κ1) is 85.8. The molecule has 2 aliphatic heterocycles. The number of carbonyl (C=O) groups excluding carboxylic acids is 2. The number of benzene rings is 3. The normalized spacial score (nSPS) is 14.4. The minimum atomic E-state index is -1.15. The van der Waals surface area contributed by atoms with Gasteiger partial charge in [-0.25, -0.2) is 29.3 Å². The second-order valence-corrected chi connectivity index (χ2v) is 30.8. The maximum Gasteiger partial charge on any atom is 0.339 e. The van der Waals surface area contributed by atoms with Crippen LogP contribution in [0.2, 0.25) is 15.1 Å². The van der Waals surface area contributed by atoms with E-state index in [1.54, 1.807) is 0 Å². The van der Waals surface area contributed by atoms with E-state index in [1.165, 1.54) is 45.6 Å². The lowest BCUT2D eigenvalue weighted by Crippen LogP contribution is -2.29. The standard InChI is InChI=1S/C29H38ClN3O3.C28H36ClN3O3.C23H27ClN2O3.3H2S/c1-18-20(3)33(17-16-32-14-8-9-15-32)27-23(18)25(21-10-12-22(30)13-11-21)24(19(2)31-27)26(28(34)35-7)36-29(4,5)6;1-17-19(3)32(16-15-31-13-7-8-14-31)26-22(17)24(20-9-11-21(29)12-10-20)23(18(2)30-26)25(27(33)34)35-28(4,5)6;1-12-13(2)25-21-17(12)19(15-8-10-16(24)11-9-15)18(14(3)26-21)20(22(27)28-7)29-23(4,5)6;;;/h10-13,26H,8-9,14-17H2,1-7H3;9-12,25H,7-8,13-16H2,1-6H3,(H,33,34);8-11,20H,1-7H3,(H,25,26);3*1H2/t26-;25-;20-;;;/m000.../s1. The smallest absolute Gasteiger partial charge is 0.339 e. The molecule has 3 atom stereocenters. The number of hydrogen-bond donors (Lipinski definition) is 2. The molecule has 0 amide bonds. The fourth-order valence-corrected chi connectivity index (χ4v) is 14.3. The number of likely N-dealkylation sites (tertiary alicyclic amines) is 2. The zero-order chi connectivity index (χ0) is 73.2. The number of nitrogens with zero attached hydrogens (tertiary/aromatic N) is 7. The summed E-state index contributed by atoms with van der Waals surface area (Å²) in [4.78, 5) is 61.7. The Hall–Kier alpha value is -6.14. The molecule has 560 valence electrons. The van der Waals surface area contributed by atoms with Crippen molar-refractivity contribution in [1.82, 2.24) is 38.9 Å². The van der Waals surface area contributed by atoms with E-state index in [0.717, 1.165) is 158 Å². The third kappa shape index (κ3) is 19.7. The molecule has 6 aromatic heterocycles. The van der Waals surface area contributed by atoms with Crippen LogP contribution in [0.3, 0.4) is 0 Å². The fourth-order valence-electron chi connectivity index (χ4n) is 13.9. The summed E-state index contributed by atoms with van der Waals surface area (Å²) in [5, 5.41) is 15.2. The van der Waals surface area contributed by atoms with Crippen molar-refractivity contribution in [3.63, 3.8) is 0 Å². The molecule has 8 heterocycles. The number of ether oxygens (including phenoxy) is 5. The molecule has 11 rings (SSSR count). The maximum atomic E-state index is 13.1. The lowest BCUT2D eigenvalue weighted by atomic mass is 9.91. The summed E-state index contributed by atoms with van der Waals surface area (Å²) in [6, 6.07) is 22.9. The number of carboxylic acid groups (broad SMARTS) is 1. The number of methoxy groups -OCH3 is 2. The molecule has 0 radical (unpaired) electrons. The van der Waals surface area contributed by atoms with E-state index in [2.05, 4.69) is 51.6 Å². The number of fused-ring (bicyclic) bond motifs is 3. The highest BCUT2D eigenvalue weighted by Gasteiger charge is 2.38. The van der Waals surface area contributed by atoms with E-state index in [1.807, 2.05) is 170 Å². The molecule has 0 aliphatic carbocycles. The van der Waals surface area contributed by atoms with Gasteiger partial charge in [-0.3, -0.25) is 0 Å². The second-order valence-electron chi connectivity index (χ2n) is 29.5. The molecule has 3 aromatic carbocycles. The van der Waals surface area contributed by atoms with Gasteiger partial charge >= 0.3 is 17.9 Å². The number of carbonyl (C=O) groups is 3. The SMILES string of the molecule is COC(=O)[C@@H](OC(C)(C)C)c1c(C)nc2[nH]c(C)c(C)c2c1-c1ccc(Cl)cc1.COC(=O)[C@@H](OC(C)(C)C)c1c(C)nc2c(c(C)c(C)n2CCN2CCCC2)c1-c1ccc(Cl)cc1.Cc1nc2c(c(C)c(C)n2CCN2CCCC2)c(-c2ccc(Cl)cc2)c1[C@H](OC(C)(C)C)C(=O)O.S.S.S. The molecule has 0 bridgehead atoms. The van der Waals surface area contributed by atoms with Gasteiger partial charge in [-0.15, -0.1) is 0 Å². The van der Waals surface area contributed by atoms with Gasteiger partial charge < -0.3 is 52.7 Å². The van der Waals surface area contributed by atoms with E-state index in [0.29, 0.717) is 37.6 Å². The molecule has 2 fully saturated rings. The lowest BCUT2D eigenvalue weighted by molar-refractivity contribution is -0.164. The number of aliphatic carboxylic acids is 1. The minimum Gasteiger partial charge on any atom is -0.479 e. The quantitative estimate of drug-likeness (QED) is 0.0772. The third-order valence-electron chi connectivity index (χ3n) is 19.0. The Kier molecular flexibility index (Phi) is 29.6. The van der Waals surface area contributed by atoms with Crippen LogP contribution in [-0.4, -0.2) is 132 Å². The Balaban J connectivity index is 0.000000241. The molecule has 17 nitrogen and oxygen atoms in total. The highest BCUT2D eigenvalue weighted by molar-refractivity contribution is 7.59. The number of hydrogen-bond acceptors (Lipinski definition) is 13. The molecular formula is C80H107Cl3N8O9S3. The summed E-state index contributed by atoms with van der Waals surface area (Å²) in [5.74, 6) is -1.92. The van der Waals surface area contributed by atoms with Crippen molar-refractivity contribution in [1.29, 1.82) is 0 Å². The first-order chi connectivity index (χ1) is 47.0. The summed E-state index contributed by atoms with van der Waals surface area (Å²) in [6.07, 6.45) is 2.10. The second kappa shape index (κ2) is 35.5. The largest absolute Gasteiger partial charge is 0.479 e. The van der Waals surface area contributed by atoms with Gasteiger partial charge in [0.2, 0.25) is 0 Å². The van der Waals surface area contributed by atoms with Crippen LogP contribution >= 0.6 is 75.3 Å². The number of H-pyrrole nitrogens is 1. The molecule has 2 saturated heterocycles. The van der Waals surface area contributed by atoms with Crippen LogP contribution < -0.4 is 0 Å². The predicted octanol–water partition coefficient (Wildman–Crippen LogP) is 18.9. The average molecular weight is 1530 g/mol. The highest BCUT2D eigenvalue weighted by atomic mass is 35.5. The topological polar surface area (TPSA) is 188 Å². The number of halogens is 3. The zero-order valence-electron chi connectivity index (χ0n) is 63.6. The Labute approximate surface area is 644 Å². The lowest BCUT2D eigenvalue weighted by Gasteiger charge is -2.29. The van der Waals surface area contributed by atoms with Crippen LogP contribution in [-0.2, 0) is 51.2 Å². The predicted molar refractivity (Wildman–Crippen MR) is 434 cm³/mol. The Morgan fingerprint density at radius 2 is 0.757 bits per heavy atom. The third-order valence-corrected chi connectivity index (χ3v) is 19.7. The van der Waals surface area contributed by atoms with E-state index in [4.69, 9.17) is 73.4 Å². The Bertz CT molecular complexity index is 4470. The van der Waals surface area contributed by atoms with E-state index < -0.39 is 53.0 Å². The van der Waals surface area contributed by atoms with Crippen molar-refractivity contribution in [3.8, 4) is 33.4 Å². The van der Waals surface area contributed by atoms with Crippen LogP contribution in [0, 0.1) is 62.3 Å². The van der Waals surface area contributed by atoms with Crippen molar-refractivity contribution in [2.24, 2.45) is 0 Å². The van der Waals surface area contributed by atoms with Gasteiger partial charge in [-0.2, -0.15) is 40.5 Å². The van der Waals surface area contributed by atoms with Gasteiger partial charge in [0.1, 0.15) is 16.9 Å². The summed E-state index contributed by atoms with van der Waals surface area (Å²) in [6.45, 7) is 43.8. The molecule has 0 saturated carbocycles. The van der Waals surface area contributed by atoms with Gasteiger partial charge in [-0.05, 0) is 246 Å². The number of aryl methyl sites for hydroxylation is 7. The summed E-state index contributed by atoms with van der Waals surface area (Å²) < 4.78 is 33.6. The fraction of sp³-hybridized carbons (Fsp3) is 0.475.